The number of carbonyl (C=O) groups excluding carboxylic acids is 1. The van der Waals surface area contributed by atoms with Crippen molar-refractivity contribution in [1.29, 1.82) is 0 Å². The Morgan fingerprint density at radius 3 is 2.24 bits per heavy atom. The van der Waals surface area contributed by atoms with E-state index >= 15 is 0 Å². The molecule has 0 saturated heterocycles. The molecule has 0 radical (unpaired) electrons. The van der Waals surface area contributed by atoms with Crippen LogP contribution >= 0.6 is 0 Å². The Balaban J connectivity index is 1.77. The summed E-state index contributed by atoms with van der Waals surface area (Å²) in [6, 6.07) is 22.1. The van der Waals surface area contributed by atoms with Crippen LogP contribution < -0.4 is 25.4 Å². The van der Waals surface area contributed by atoms with Gasteiger partial charge in [0.1, 0.15) is 0 Å². The molecule has 0 fully saturated rings. The number of amides is 1. The highest BCUT2D eigenvalue weighted by atomic mass is 16.5. The molecule has 3 aromatic rings. The van der Waals surface area contributed by atoms with E-state index in [1.54, 1.807) is 20.3 Å². The summed E-state index contributed by atoms with van der Waals surface area (Å²) in [5, 5.41) is 9.88. The first-order valence-corrected chi connectivity index (χ1v) is 11.0. The molecule has 0 bridgehead atoms. The predicted molar refractivity (Wildman–Crippen MR) is 133 cm³/mol. The van der Waals surface area contributed by atoms with E-state index in [4.69, 9.17) is 9.47 Å². The highest BCUT2D eigenvalue weighted by Crippen LogP contribution is 2.43. The standard InChI is InChI=1S/C27H29N3O3/c1-17(2)28-16-18-10-12-20(13-11-18)29-26(19-8-6-5-7-9-19)25-21-14-23(32-3)24(33-4)15-22(21)30-27(25)31/h5-15,17,28-29H,16H2,1-4H3,(H,30,31)/b26-25-. The van der Waals surface area contributed by atoms with Gasteiger partial charge >= 0.3 is 0 Å². The van der Waals surface area contributed by atoms with Gasteiger partial charge in [-0.2, -0.15) is 0 Å². The Morgan fingerprint density at radius 1 is 0.939 bits per heavy atom. The molecule has 0 aliphatic carbocycles. The third-order valence-electron chi connectivity index (χ3n) is 5.52. The number of methoxy groups -OCH3 is 2. The lowest BCUT2D eigenvalue weighted by molar-refractivity contribution is -0.110. The van der Waals surface area contributed by atoms with Crippen molar-refractivity contribution >= 4 is 28.6 Å². The second-order valence-electron chi connectivity index (χ2n) is 8.18. The SMILES string of the molecule is COc1cc2c(cc1OC)/C(=C(/Nc1ccc(CNC(C)C)cc1)c1ccccc1)C(=O)N2. The number of fused-ring (bicyclic) bond motifs is 1. The van der Waals surface area contributed by atoms with Crippen molar-refractivity contribution in [2.45, 2.75) is 26.4 Å². The van der Waals surface area contributed by atoms with Gasteiger partial charge in [-0.1, -0.05) is 56.3 Å². The Kier molecular flexibility index (Phi) is 6.66. The minimum absolute atomic E-state index is 0.176. The first-order chi connectivity index (χ1) is 16.0. The third-order valence-corrected chi connectivity index (χ3v) is 5.52. The van der Waals surface area contributed by atoms with Crippen molar-refractivity contribution in [3.8, 4) is 11.5 Å². The molecule has 1 heterocycles. The Morgan fingerprint density at radius 2 is 1.61 bits per heavy atom. The van der Waals surface area contributed by atoms with Crippen LogP contribution in [0.5, 0.6) is 11.5 Å². The van der Waals surface area contributed by atoms with Gasteiger partial charge in [-0.05, 0) is 29.3 Å². The van der Waals surface area contributed by atoms with Crippen molar-refractivity contribution in [3.05, 3.63) is 83.4 Å². The number of benzene rings is 3. The largest absolute Gasteiger partial charge is 0.493 e. The molecule has 170 valence electrons. The molecule has 0 unspecified atom stereocenters. The quantitative estimate of drug-likeness (QED) is 0.421. The summed E-state index contributed by atoms with van der Waals surface area (Å²) in [7, 11) is 3.17. The van der Waals surface area contributed by atoms with E-state index in [9.17, 15) is 4.79 Å². The lowest BCUT2D eigenvalue weighted by atomic mass is 9.99. The van der Waals surface area contributed by atoms with Crippen molar-refractivity contribution in [2.24, 2.45) is 0 Å². The van der Waals surface area contributed by atoms with Crippen LogP contribution in [-0.4, -0.2) is 26.2 Å². The van der Waals surface area contributed by atoms with Crippen molar-refractivity contribution < 1.29 is 14.3 Å². The summed E-state index contributed by atoms with van der Waals surface area (Å²) in [6.45, 7) is 5.06. The molecule has 3 aromatic carbocycles. The number of hydrogen-bond acceptors (Lipinski definition) is 5. The number of rotatable bonds is 8. The van der Waals surface area contributed by atoms with E-state index in [2.05, 4.69) is 41.9 Å². The average Bonchev–Trinajstić information content (AvgIpc) is 3.15. The maximum atomic E-state index is 13.1. The monoisotopic (exact) mass is 443 g/mol. The van der Waals surface area contributed by atoms with Crippen LogP contribution in [-0.2, 0) is 11.3 Å². The smallest absolute Gasteiger partial charge is 0.258 e. The molecule has 0 saturated carbocycles. The molecule has 0 spiro atoms. The second-order valence-corrected chi connectivity index (χ2v) is 8.18. The van der Waals surface area contributed by atoms with Crippen LogP contribution in [0.15, 0.2) is 66.7 Å². The molecular weight excluding hydrogens is 414 g/mol. The molecule has 1 aliphatic rings. The van der Waals surface area contributed by atoms with Gasteiger partial charge in [0.05, 0.1) is 31.2 Å². The van der Waals surface area contributed by atoms with Crippen LogP contribution in [0, 0.1) is 0 Å². The molecule has 3 N–H and O–H groups in total. The molecule has 4 rings (SSSR count). The maximum Gasteiger partial charge on any atom is 0.258 e. The van der Waals surface area contributed by atoms with Gasteiger partial charge in [0.2, 0.25) is 0 Å². The van der Waals surface area contributed by atoms with Crippen LogP contribution in [0.2, 0.25) is 0 Å². The maximum absolute atomic E-state index is 13.1. The van der Waals surface area contributed by atoms with Gasteiger partial charge in [0.25, 0.3) is 5.91 Å². The fourth-order valence-corrected chi connectivity index (χ4v) is 3.80. The van der Waals surface area contributed by atoms with E-state index in [1.165, 1.54) is 5.56 Å². The number of anilines is 2. The van der Waals surface area contributed by atoms with Crippen LogP contribution in [0.25, 0.3) is 11.3 Å². The summed E-state index contributed by atoms with van der Waals surface area (Å²) in [6.07, 6.45) is 0. The molecule has 6 nitrogen and oxygen atoms in total. The second kappa shape index (κ2) is 9.79. The van der Waals surface area contributed by atoms with Crippen molar-refractivity contribution in [1.82, 2.24) is 5.32 Å². The molecule has 1 amide bonds. The Bertz CT molecular complexity index is 1170. The Labute approximate surface area is 194 Å². The third kappa shape index (κ3) is 4.86. The zero-order valence-corrected chi connectivity index (χ0v) is 19.4. The van der Waals surface area contributed by atoms with E-state index in [0.29, 0.717) is 28.8 Å². The molecular formula is C27H29N3O3. The fraction of sp³-hybridized carbons (Fsp3) is 0.222. The van der Waals surface area contributed by atoms with E-state index in [1.807, 2.05) is 48.5 Å². The molecule has 1 aliphatic heterocycles. The lowest BCUT2D eigenvalue weighted by Gasteiger charge is -2.16. The normalized spacial score (nSPS) is 14.0. The van der Waals surface area contributed by atoms with Crippen LogP contribution in [0.1, 0.15) is 30.5 Å². The summed E-state index contributed by atoms with van der Waals surface area (Å²) in [5.74, 6) is 0.960. The topological polar surface area (TPSA) is 71.6 Å². The van der Waals surface area contributed by atoms with E-state index < -0.39 is 0 Å². The van der Waals surface area contributed by atoms with Crippen LogP contribution in [0.4, 0.5) is 11.4 Å². The minimum Gasteiger partial charge on any atom is -0.493 e. The van der Waals surface area contributed by atoms with E-state index in [-0.39, 0.29) is 5.91 Å². The summed E-state index contributed by atoms with van der Waals surface area (Å²) < 4.78 is 10.9. The summed E-state index contributed by atoms with van der Waals surface area (Å²) in [5.41, 5.74) is 5.76. The van der Waals surface area contributed by atoms with Gasteiger partial charge in [0.15, 0.2) is 11.5 Å². The molecule has 0 atom stereocenters. The molecule has 6 heteroatoms. The van der Waals surface area contributed by atoms with E-state index in [0.717, 1.165) is 29.1 Å². The lowest BCUT2D eigenvalue weighted by Crippen LogP contribution is -2.21. The highest BCUT2D eigenvalue weighted by Gasteiger charge is 2.30. The van der Waals surface area contributed by atoms with Gasteiger partial charge in [-0.25, -0.2) is 0 Å². The first-order valence-electron chi connectivity index (χ1n) is 11.0. The number of ether oxygens (including phenoxy) is 2. The minimum atomic E-state index is -0.176. The summed E-state index contributed by atoms with van der Waals surface area (Å²) >= 11 is 0. The van der Waals surface area contributed by atoms with Crippen LogP contribution in [0.3, 0.4) is 0 Å². The Hall–Kier alpha value is -3.77. The number of hydrogen-bond donors (Lipinski definition) is 3. The van der Waals surface area contributed by atoms with Crippen molar-refractivity contribution in [2.75, 3.05) is 24.9 Å². The fourth-order valence-electron chi connectivity index (χ4n) is 3.80. The molecule has 0 aromatic heterocycles. The van der Waals surface area contributed by atoms with Gasteiger partial charge in [0, 0.05) is 29.9 Å². The van der Waals surface area contributed by atoms with Gasteiger partial charge in [-0.3, -0.25) is 4.79 Å². The zero-order chi connectivity index (χ0) is 23.4. The van der Waals surface area contributed by atoms with Crippen molar-refractivity contribution in [3.63, 3.8) is 0 Å². The summed E-state index contributed by atoms with van der Waals surface area (Å²) in [4.78, 5) is 13.1. The number of nitrogens with one attached hydrogen (secondary N) is 3. The predicted octanol–water partition coefficient (Wildman–Crippen LogP) is 5.13. The number of carbonyl (C=O) groups is 1. The average molecular weight is 444 g/mol. The van der Waals surface area contributed by atoms with Gasteiger partial charge < -0.3 is 25.4 Å². The molecule has 33 heavy (non-hydrogen) atoms. The first kappa shape index (κ1) is 22.4. The highest BCUT2D eigenvalue weighted by molar-refractivity contribution is 6.37. The zero-order valence-electron chi connectivity index (χ0n) is 19.4. The van der Waals surface area contributed by atoms with Gasteiger partial charge in [-0.15, -0.1) is 0 Å².